The first-order valence-corrected chi connectivity index (χ1v) is 0.612. The van der Waals surface area contributed by atoms with Gasteiger partial charge in [-0.15, -0.1) is 0 Å². The molecule has 2 N–H and O–H groups in total. The smallest absolute Gasteiger partial charge is 0.870 e. The topological polar surface area (TPSA) is 123 Å². The molecule has 0 fully saturated rings. The van der Waals surface area contributed by atoms with E-state index < -0.39 is 6.16 Å². The van der Waals surface area contributed by atoms with Crippen LogP contribution < -0.4 is 113 Å². The third-order valence-electron chi connectivity index (χ3n) is 0. The SMILES string of the molecule is O=C([O-])[O-].[Ca+2].[K+].[K+].[OH-].[OH-]. The van der Waals surface area contributed by atoms with Crippen LogP contribution in [0.4, 0.5) is 4.79 Å². The van der Waals surface area contributed by atoms with Crippen LogP contribution in [0.1, 0.15) is 0 Å². The van der Waals surface area contributed by atoms with Crippen molar-refractivity contribution in [2.24, 2.45) is 0 Å². The van der Waals surface area contributed by atoms with Gasteiger partial charge in [-0.05, 0) is 6.16 Å². The Hall–Kier alpha value is 3.72. The largest absolute Gasteiger partial charge is 2.00 e. The average Bonchev–Trinajstić information content (AvgIpc) is 0.811. The van der Waals surface area contributed by atoms with Gasteiger partial charge in [0.05, 0.1) is 0 Å². The molecule has 9 heavy (non-hydrogen) atoms. The first kappa shape index (κ1) is 38.7. The monoisotopic (exact) mass is 212 g/mol. The van der Waals surface area contributed by atoms with Crippen LogP contribution in [0, 0.1) is 0 Å². The van der Waals surface area contributed by atoms with Gasteiger partial charge in [0.2, 0.25) is 0 Å². The van der Waals surface area contributed by atoms with E-state index in [0.29, 0.717) is 0 Å². The quantitative estimate of drug-likeness (QED) is 0.369. The molecule has 0 bridgehead atoms. The molecule has 40 valence electrons. The van der Waals surface area contributed by atoms with Gasteiger partial charge in [-0.1, -0.05) is 0 Å². The molecule has 0 heterocycles. The van der Waals surface area contributed by atoms with Crippen molar-refractivity contribution in [3.8, 4) is 0 Å². The third kappa shape index (κ3) is 80.0. The van der Waals surface area contributed by atoms with Gasteiger partial charge >= 0.3 is 141 Å². The molecule has 0 aromatic heterocycles. The second-order valence-corrected chi connectivity index (χ2v) is 0.250. The number of hydrogen-bond donors (Lipinski definition) is 0. The van der Waals surface area contributed by atoms with E-state index in [2.05, 4.69) is 0 Å². The minimum atomic E-state index is -2.33. The Bertz CT molecular complexity index is 37.9. The van der Waals surface area contributed by atoms with Crippen LogP contribution in [0.3, 0.4) is 0 Å². The average molecular weight is 212 g/mol. The van der Waals surface area contributed by atoms with Gasteiger partial charge in [-0.25, -0.2) is 0 Å². The molecule has 0 unspecified atom stereocenters. The van der Waals surface area contributed by atoms with E-state index >= 15 is 0 Å². The maximum atomic E-state index is 8.33. The summed E-state index contributed by atoms with van der Waals surface area (Å²) >= 11 is 0. The van der Waals surface area contributed by atoms with Gasteiger partial charge in [0.15, 0.2) is 0 Å². The second-order valence-electron chi connectivity index (χ2n) is 0.250. The van der Waals surface area contributed by atoms with Gasteiger partial charge < -0.3 is 26.0 Å². The molecule has 0 aliphatic carbocycles. The summed E-state index contributed by atoms with van der Waals surface area (Å²) < 4.78 is 0. The van der Waals surface area contributed by atoms with Gasteiger partial charge in [0, 0.05) is 0 Å². The fourth-order valence-electron chi connectivity index (χ4n) is 0. The molecule has 5 nitrogen and oxygen atoms in total. The van der Waals surface area contributed by atoms with Crippen LogP contribution in [0.2, 0.25) is 0 Å². The van der Waals surface area contributed by atoms with Gasteiger partial charge in [0.25, 0.3) is 0 Å². The zero-order valence-corrected chi connectivity index (χ0v) is 13.8. The van der Waals surface area contributed by atoms with Crippen LogP contribution in [-0.4, -0.2) is 54.8 Å². The van der Waals surface area contributed by atoms with Gasteiger partial charge in [-0.3, -0.25) is 0 Å². The summed E-state index contributed by atoms with van der Waals surface area (Å²) in [5, 5.41) is 16.7. The second kappa shape index (κ2) is 29.8. The minimum absolute atomic E-state index is 0. The number of hydrogen-bond acceptors (Lipinski definition) is 5. The van der Waals surface area contributed by atoms with Crippen LogP contribution in [0.5, 0.6) is 0 Å². The molecule has 0 atom stereocenters. The van der Waals surface area contributed by atoms with Crippen LogP contribution in [0.25, 0.3) is 0 Å². The maximum Gasteiger partial charge on any atom is 2.00 e. The molecular formula is CH2CaK2O5. The fraction of sp³-hybridized carbons (Fsp3) is 0. The van der Waals surface area contributed by atoms with Crippen molar-refractivity contribution < 1.29 is 129 Å². The van der Waals surface area contributed by atoms with E-state index in [4.69, 9.17) is 15.0 Å². The molecule has 0 aromatic carbocycles. The molecule has 0 aliphatic rings. The molecule has 0 aliphatic heterocycles. The summed E-state index contributed by atoms with van der Waals surface area (Å²) in [5.41, 5.74) is 0. The van der Waals surface area contributed by atoms with Gasteiger partial charge in [-0.2, -0.15) is 0 Å². The van der Waals surface area contributed by atoms with Gasteiger partial charge in [0.1, 0.15) is 0 Å². The zero-order valence-electron chi connectivity index (χ0n) is 5.33. The number of rotatable bonds is 0. The van der Waals surface area contributed by atoms with E-state index in [1.165, 1.54) is 0 Å². The Morgan fingerprint density at radius 3 is 1.00 bits per heavy atom. The summed E-state index contributed by atoms with van der Waals surface area (Å²) in [7, 11) is 0. The van der Waals surface area contributed by atoms with Crippen LogP contribution in [0.15, 0.2) is 0 Å². The molecular weight excluding hydrogens is 210 g/mol. The maximum absolute atomic E-state index is 8.33. The van der Waals surface area contributed by atoms with E-state index in [9.17, 15) is 0 Å². The summed E-state index contributed by atoms with van der Waals surface area (Å²) in [5.74, 6) is 0. The van der Waals surface area contributed by atoms with Crippen molar-refractivity contribution in [3.63, 3.8) is 0 Å². The molecule has 0 radical (unpaired) electrons. The summed E-state index contributed by atoms with van der Waals surface area (Å²) in [6.07, 6.45) is -2.33. The van der Waals surface area contributed by atoms with Crippen molar-refractivity contribution in [1.82, 2.24) is 0 Å². The summed E-state index contributed by atoms with van der Waals surface area (Å²) in [6, 6.07) is 0. The Morgan fingerprint density at radius 1 is 1.00 bits per heavy atom. The molecule has 0 saturated carbocycles. The van der Waals surface area contributed by atoms with Crippen molar-refractivity contribution >= 4 is 43.9 Å². The number of carboxylic acid groups (broad SMARTS) is 2. The number of carbonyl (C=O) groups excluding carboxylic acids is 1. The normalized spacial score (nSPS) is 2.67. The summed E-state index contributed by atoms with van der Waals surface area (Å²) in [4.78, 5) is 8.33. The van der Waals surface area contributed by atoms with Crippen molar-refractivity contribution in [3.05, 3.63) is 0 Å². The first-order valence-electron chi connectivity index (χ1n) is 0.612. The Balaban J connectivity index is -0.00000000450. The number of carbonyl (C=O) groups is 1. The molecule has 0 saturated heterocycles. The molecule has 0 rings (SSSR count). The van der Waals surface area contributed by atoms with Crippen LogP contribution >= 0.6 is 0 Å². The third-order valence-corrected chi connectivity index (χ3v) is 0. The Morgan fingerprint density at radius 2 is 1.00 bits per heavy atom. The zero-order chi connectivity index (χ0) is 3.58. The molecule has 0 aromatic rings. The minimum Gasteiger partial charge on any atom is -0.870 e. The van der Waals surface area contributed by atoms with Crippen LogP contribution in [-0.2, 0) is 0 Å². The molecule has 0 spiro atoms. The van der Waals surface area contributed by atoms with E-state index in [0.717, 1.165) is 0 Å². The fourth-order valence-corrected chi connectivity index (χ4v) is 0. The molecule has 0 amide bonds. The van der Waals surface area contributed by atoms with Crippen molar-refractivity contribution in [2.45, 2.75) is 0 Å². The van der Waals surface area contributed by atoms with E-state index in [1.807, 2.05) is 0 Å². The van der Waals surface area contributed by atoms with Crippen molar-refractivity contribution in [1.29, 1.82) is 0 Å². The predicted octanol–water partition coefficient (Wildman–Crippen LogP) is -9.17. The predicted molar refractivity (Wildman–Crippen MR) is 15.0 cm³/mol. The standard InChI is InChI=1S/CH2O3.Ca.2K.2H2O/c2-1(3)4;;;;;/h(H2,2,3,4);;;;2*1H2/q;+2;2*+1;;/p-4. The Labute approximate surface area is 167 Å². The van der Waals surface area contributed by atoms with E-state index in [1.54, 1.807) is 0 Å². The first-order chi connectivity index (χ1) is 1.73. The van der Waals surface area contributed by atoms with Crippen molar-refractivity contribution in [2.75, 3.05) is 0 Å². The van der Waals surface area contributed by atoms with E-state index in [-0.39, 0.29) is 151 Å². The Kier molecular flexibility index (Phi) is 128. The summed E-state index contributed by atoms with van der Waals surface area (Å²) in [6.45, 7) is 0. The molecule has 8 heteroatoms.